The largest absolute Gasteiger partial charge is 0.462 e. The SMILES string of the molecule is CCC(C)CCCCCCCCCCCCCCCCC(=O)OC[C@H](COC(=O)CCCCCCCCCCC(C)CC)OC(=O)CCCCCCCCCCCCCCCCCCC(C)C. The second-order valence-electron chi connectivity index (χ2n) is 21.9. The van der Waals surface area contributed by atoms with Crippen molar-refractivity contribution in [2.24, 2.45) is 17.8 Å². The number of hydrogen-bond donors (Lipinski definition) is 0. The Morgan fingerprint density at radius 1 is 0.299 bits per heavy atom. The molecular formula is C61H118O6. The van der Waals surface area contributed by atoms with Crippen LogP contribution in [0.15, 0.2) is 0 Å². The summed E-state index contributed by atoms with van der Waals surface area (Å²) in [6.07, 6.45) is 55.2. The second kappa shape index (κ2) is 52.2. The minimum Gasteiger partial charge on any atom is -0.462 e. The van der Waals surface area contributed by atoms with Crippen LogP contribution >= 0.6 is 0 Å². The minimum absolute atomic E-state index is 0.0635. The maximum Gasteiger partial charge on any atom is 0.306 e. The Hall–Kier alpha value is -1.59. The van der Waals surface area contributed by atoms with E-state index in [0.717, 1.165) is 75.5 Å². The topological polar surface area (TPSA) is 78.9 Å². The molecule has 0 spiro atoms. The zero-order valence-corrected chi connectivity index (χ0v) is 46.2. The van der Waals surface area contributed by atoms with Crippen LogP contribution in [0.5, 0.6) is 0 Å². The van der Waals surface area contributed by atoms with Gasteiger partial charge in [-0.1, -0.05) is 298 Å². The van der Waals surface area contributed by atoms with Crippen molar-refractivity contribution in [1.29, 1.82) is 0 Å². The molecule has 0 aliphatic rings. The summed E-state index contributed by atoms with van der Waals surface area (Å²) < 4.78 is 16.9. The van der Waals surface area contributed by atoms with Gasteiger partial charge in [-0.25, -0.2) is 0 Å². The van der Waals surface area contributed by atoms with E-state index in [9.17, 15) is 14.4 Å². The average Bonchev–Trinajstić information content (AvgIpc) is 3.31. The highest BCUT2D eigenvalue weighted by molar-refractivity contribution is 5.71. The van der Waals surface area contributed by atoms with E-state index in [1.54, 1.807) is 0 Å². The molecule has 6 heteroatoms. The molecule has 0 radical (unpaired) electrons. The van der Waals surface area contributed by atoms with Crippen molar-refractivity contribution in [2.75, 3.05) is 13.2 Å². The number of esters is 3. The summed E-state index contributed by atoms with van der Waals surface area (Å²) >= 11 is 0. The smallest absolute Gasteiger partial charge is 0.306 e. The van der Waals surface area contributed by atoms with Crippen LogP contribution in [-0.2, 0) is 28.6 Å². The molecule has 0 N–H and O–H groups in total. The Morgan fingerprint density at radius 2 is 0.522 bits per heavy atom. The van der Waals surface area contributed by atoms with E-state index in [-0.39, 0.29) is 31.1 Å². The van der Waals surface area contributed by atoms with E-state index in [1.807, 2.05) is 0 Å². The van der Waals surface area contributed by atoms with Crippen molar-refractivity contribution in [1.82, 2.24) is 0 Å². The monoisotopic (exact) mass is 947 g/mol. The molecule has 0 bridgehead atoms. The van der Waals surface area contributed by atoms with Gasteiger partial charge < -0.3 is 14.2 Å². The van der Waals surface area contributed by atoms with E-state index in [4.69, 9.17) is 14.2 Å². The molecule has 0 fully saturated rings. The van der Waals surface area contributed by atoms with Crippen LogP contribution in [0.2, 0.25) is 0 Å². The molecular weight excluding hydrogens is 829 g/mol. The number of carbonyl (C=O) groups is 3. The van der Waals surface area contributed by atoms with Gasteiger partial charge in [-0.2, -0.15) is 0 Å². The highest BCUT2D eigenvalue weighted by Crippen LogP contribution is 2.19. The molecule has 2 unspecified atom stereocenters. The van der Waals surface area contributed by atoms with Crippen molar-refractivity contribution in [2.45, 2.75) is 343 Å². The van der Waals surface area contributed by atoms with Crippen LogP contribution in [-0.4, -0.2) is 37.2 Å². The number of hydrogen-bond acceptors (Lipinski definition) is 6. The van der Waals surface area contributed by atoms with Gasteiger partial charge in [0, 0.05) is 19.3 Å². The predicted molar refractivity (Wildman–Crippen MR) is 289 cm³/mol. The summed E-state index contributed by atoms with van der Waals surface area (Å²) in [5.41, 5.74) is 0. The molecule has 0 heterocycles. The van der Waals surface area contributed by atoms with Crippen LogP contribution in [0.25, 0.3) is 0 Å². The summed E-state index contributed by atoms with van der Waals surface area (Å²) in [6, 6.07) is 0. The molecule has 0 saturated carbocycles. The summed E-state index contributed by atoms with van der Waals surface area (Å²) in [6.45, 7) is 13.8. The third-order valence-corrected chi connectivity index (χ3v) is 14.6. The van der Waals surface area contributed by atoms with E-state index < -0.39 is 6.10 Å². The molecule has 0 aromatic rings. The van der Waals surface area contributed by atoms with Gasteiger partial charge in [0.15, 0.2) is 6.10 Å². The maximum absolute atomic E-state index is 12.9. The average molecular weight is 948 g/mol. The highest BCUT2D eigenvalue weighted by Gasteiger charge is 2.19. The van der Waals surface area contributed by atoms with E-state index in [1.165, 1.54) is 218 Å². The van der Waals surface area contributed by atoms with E-state index >= 15 is 0 Å². The summed E-state index contributed by atoms with van der Waals surface area (Å²) in [5.74, 6) is 1.75. The lowest BCUT2D eigenvalue weighted by atomic mass is 9.99. The number of rotatable bonds is 54. The Kier molecular flexibility index (Phi) is 51.0. The van der Waals surface area contributed by atoms with Crippen molar-refractivity contribution in [3.8, 4) is 0 Å². The lowest BCUT2D eigenvalue weighted by molar-refractivity contribution is -0.167. The summed E-state index contributed by atoms with van der Waals surface area (Å²) in [5, 5.41) is 0. The van der Waals surface area contributed by atoms with Crippen LogP contribution < -0.4 is 0 Å². The first-order valence-electron chi connectivity index (χ1n) is 30.2. The van der Waals surface area contributed by atoms with Crippen LogP contribution in [0.4, 0.5) is 0 Å². The molecule has 0 aromatic carbocycles. The Bertz CT molecular complexity index is 1040. The Balaban J connectivity index is 4.28. The first-order valence-corrected chi connectivity index (χ1v) is 30.2. The lowest BCUT2D eigenvalue weighted by Gasteiger charge is -2.18. The number of unbranched alkanes of at least 4 members (excludes halogenated alkanes) is 35. The first-order chi connectivity index (χ1) is 32.7. The fraction of sp³-hybridized carbons (Fsp3) is 0.951. The first kappa shape index (κ1) is 65.4. The molecule has 0 aliphatic carbocycles. The molecule has 0 rings (SSSR count). The van der Waals surface area contributed by atoms with Gasteiger partial charge >= 0.3 is 17.9 Å². The van der Waals surface area contributed by atoms with Gasteiger partial charge in [0.2, 0.25) is 0 Å². The lowest BCUT2D eigenvalue weighted by Crippen LogP contribution is -2.30. The van der Waals surface area contributed by atoms with Crippen molar-refractivity contribution < 1.29 is 28.6 Å². The molecule has 0 aromatic heterocycles. The number of ether oxygens (including phenoxy) is 3. The van der Waals surface area contributed by atoms with Gasteiger partial charge in [-0.05, 0) is 37.0 Å². The normalized spacial score (nSPS) is 12.9. The van der Waals surface area contributed by atoms with Crippen LogP contribution in [0.3, 0.4) is 0 Å². The Labute approximate surface area is 418 Å². The van der Waals surface area contributed by atoms with Gasteiger partial charge in [0.25, 0.3) is 0 Å². The zero-order chi connectivity index (χ0) is 49.1. The summed E-state index contributed by atoms with van der Waals surface area (Å²) in [4.78, 5) is 38.2. The standard InChI is InChI=1S/C61H118O6/c1-7-56(5)48-42-36-30-24-20-16-13-14-17-21-25-32-38-44-50-59(62)65-53-58(54-66-60(63)51-45-39-33-28-27-31-37-43-49-57(6)8-2)67-61(64)52-46-40-34-26-22-18-12-10-9-11-15-19-23-29-35-41-47-55(3)4/h55-58H,7-54H2,1-6H3/t56?,57?,58-/m1/s1. The van der Waals surface area contributed by atoms with E-state index in [0.29, 0.717) is 19.3 Å². The van der Waals surface area contributed by atoms with Crippen LogP contribution in [0.1, 0.15) is 337 Å². The van der Waals surface area contributed by atoms with Crippen molar-refractivity contribution in [3.63, 3.8) is 0 Å². The van der Waals surface area contributed by atoms with E-state index in [2.05, 4.69) is 41.5 Å². The molecule has 0 saturated heterocycles. The van der Waals surface area contributed by atoms with Crippen molar-refractivity contribution >= 4 is 17.9 Å². The predicted octanol–water partition coefficient (Wildman–Crippen LogP) is 19.9. The molecule has 3 atom stereocenters. The maximum atomic E-state index is 12.9. The molecule has 6 nitrogen and oxygen atoms in total. The van der Waals surface area contributed by atoms with Gasteiger partial charge in [-0.3, -0.25) is 14.4 Å². The third-order valence-electron chi connectivity index (χ3n) is 14.6. The molecule has 0 aliphatic heterocycles. The fourth-order valence-corrected chi connectivity index (χ4v) is 9.29. The van der Waals surface area contributed by atoms with Crippen LogP contribution in [0, 0.1) is 17.8 Å². The molecule has 67 heavy (non-hydrogen) atoms. The zero-order valence-electron chi connectivity index (χ0n) is 46.2. The summed E-state index contributed by atoms with van der Waals surface area (Å²) in [7, 11) is 0. The quantitative estimate of drug-likeness (QED) is 0.0343. The third kappa shape index (κ3) is 52.1. The number of carbonyl (C=O) groups excluding carboxylic acids is 3. The highest BCUT2D eigenvalue weighted by atomic mass is 16.6. The van der Waals surface area contributed by atoms with Gasteiger partial charge in [0.05, 0.1) is 0 Å². The van der Waals surface area contributed by atoms with Gasteiger partial charge in [0.1, 0.15) is 13.2 Å². The molecule has 398 valence electrons. The minimum atomic E-state index is -0.764. The second-order valence-corrected chi connectivity index (χ2v) is 21.9. The van der Waals surface area contributed by atoms with Gasteiger partial charge in [-0.15, -0.1) is 0 Å². The van der Waals surface area contributed by atoms with Crippen molar-refractivity contribution in [3.05, 3.63) is 0 Å². The Morgan fingerprint density at radius 3 is 0.776 bits per heavy atom. The fourth-order valence-electron chi connectivity index (χ4n) is 9.29. The molecule has 0 amide bonds.